The molecule has 116 valence electrons. The lowest BCUT2D eigenvalue weighted by atomic mass is 10.3. The molecule has 8 heteroatoms. The van der Waals surface area contributed by atoms with Gasteiger partial charge in [0, 0.05) is 26.1 Å². The number of nitrogens with one attached hydrogen (secondary N) is 3. The minimum Gasteiger partial charge on any atom is -0.370 e. The largest absolute Gasteiger partial charge is 0.370 e. The van der Waals surface area contributed by atoms with Crippen molar-refractivity contribution in [2.45, 2.75) is 26.7 Å². The minimum atomic E-state index is -0.471. The van der Waals surface area contributed by atoms with Crippen LogP contribution < -0.4 is 16.0 Å². The molecule has 1 rings (SSSR count). The van der Waals surface area contributed by atoms with E-state index in [1.165, 1.54) is 12.1 Å². The normalized spacial score (nSPS) is 10.0. The molecule has 1 amide bonds. The van der Waals surface area contributed by atoms with Gasteiger partial charge in [0.1, 0.15) is 11.6 Å². The van der Waals surface area contributed by atoms with Crippen LogP contribution in [0.4, 0.5) is 17.3 Å². The van der Waals surface area contributed by atoms with E-state index in [-0.39, 0.29) is 11.6 Å². The fourth-order valence-corrected chi connectivity index (χ4v) is 1.64. The maximum absolute atomic E-state index is 11.4. The van der Waals surface area contributed by atoms with Gasteiger partial charge in [-0.1, -0.05) is 6.92 Å². The number of carbonyl (C=O) groups is 1. The van der Waals surface area contributed by atoms with E-state index in [4.69, 9.17) is 0 Å². The Morgan fingerprint density at radius 2 is 1.90 bits per heavy atom. The van der Waals surface area contributed by atoms with Crippen LogP contribution in [0.25, 0.3) is 0 Å². The van der Waals surface area contributed by atoms with E-state index in [9.17, 15) is 14.9 Å². The van der Waals surface area contributed by atoms with Crippen molar-refractivity contribution in [3.05, 3.63) is 22.2 Å². The van der Waals surface area contributed by atoms with Gasteiger partial charge < -0.3 is 16.0 Å². The van der Waals surface area contributed by atoms with Crippen LogP contribution in [-0.4, -0.2) is 35.4 Å². The molecule has 0 bridgehead atoms. The Labute approximate surface area is 123 Å². The maximum atomic E-state index is 11.4. The lowest BCUT2D eigenvalue weighted by Gasteiger charge is -2.08. The number of nitro groups is 1. The van der Waals surface area contributed by atoms with E-state index in [1.807, 2.05) is 13.8 Å². The molecule has 0 fully saturated rings. The molecule has 8 nitrogen and oxygen atoms in total. The molecule has 0 spiro atoms. The van der Waals surface area contributed by atoms with E-state index >= 15 is 0 Å². The second-order valence-corrected chi connectivity index (χ2v) is 4.41. The van der Waals surface area contributed by atoms with Gasteiger partial charge in [0.2, 0.25) is 5.91 Å². The lowest BCUT2D eigenvalue weighted by Crippen LogP contribution is -2.26. The van der Waals surface area contributed by atoms with Gasteiger partial charge in [0.15, 0.2) is 0 Å². The Hall–Kier alpha value is -2.38. The van der Waals surface area contributed by atoms with Gasteiger partial charge in [-0.25, -0.2) is 4.98 Å². The first-order valence-corrected chi connectivity index (χ1v) is 6.97. The van der Waals surface area contributed by atoms with Crippen LogP contribution in [0.1, 0.15) is 26.7 Å². The summed E-state index contributed by atoms with van der Waals surface area (Å²) in [6.07, 6.45) is 1.18. The van der Waals surface area contributed by atoms with Gasteiger partial charge in [-0.3, -0.25) is 14.9 Å². The first-order chi connectivity index (χ1) is 10.1. The quantitative estimate of drug-likeness (QED) is 0.473. The predicted octanol–water partition coefficient (Wildman–Crippen LogP) is 1.75. The van der Waals surface area contributed by atoms with Crippen molar-refractivity contribution in [1.29, 1.82) is 0 Å². The second-order valence-electron chi connectivity index (χ2n) is 4.41. The number of nitrogens with zero attached hydrogens (tertiary/aromatic N) is 2. The molecule has 0 saturated heterocycles. The molecule has 0 saturated carbocycles. The molecule has 21 heavy (non-hydrogen) atoms. The summed E-state index contributed by atoms with van der Waals surface area (Å²) in [6.45, 7) is 5.50. The molecule has 1 heterocycles. The highest BCUT2D eigenvalue weighted by molar-refractivity contribution is 5.76. The lowest BCUT2D eigenvalue weighted by molar-refractivity contribution is -0.384. The second kappa shape index (κ2) is 8.72. The third-order valence-electron chi connectivity index (χ3n) is 2.61. The van der Waals surface area contributed by atoms with E-state index in [0.717, 1.165) is 6.42 Å². The number of amides is 1. The van der Waals surface area contributed by atoms with Gasteiger partial charge in [0.25, 0.3) is 5.69 Å². The van der Waals surface area contributed by atoms with E-state index in [0.29, 0.717) is 37.7 Å². The summed E-state index contributed by atoms with van der Waals surface area (Å²) < 4.78 is 0. The molecule has 0 aliphatic carbocycles. The van der Waals surface area contributed by atoms with Gasteiger partial charge in [-0.15, -0.1) is 0 Å². The Morgan fingerprint density at radius 3 is 2.48 bits per heavy atom. The Kier molecular flexibility index (Phi) is 6.93. The fraction of sp³-hybridized carbons (Fsp3) is 0.538. The number of hydrogen-bond donors (Lipinski definition) is 3. The standard InChI is InChI=1S/C13H21N5O3/c1-3-6-16-13(19)5-7-15-12-9-10(18(20)21)8-11(17-12)14-4-2/h8-9H,3-7H2,1-2H3,(H,16,19)(H2,14,15,17). The third-order valence-corrected chi connectivity index (χ3v) is 2.61. The number of anilines is 2. The van der Waals surface area contributed by atoms with Crippen LogP contribution in [-0.2, 0) is 4.79 Å². The van der Waals surface area contributed by atoms with Crippen molar-refractivity contribution in [2.24, 2.45) is 0 Å². The van der Waals surface area contributed by atoms with Crippen molar-refractivity contribution < 1.29 is 9.72 Å². The highest BCUT2D eigenvalue weighted by Crippen LogP contribution is 2.20. The zero-order valence-corrected chi connectivity index (χ0v) is 12.3. The summed E-state index contributed by atoms with van der Waals surface area (Å²) >= 11 is 0. The molecule has 1 aromatic rings. The first kappa shape index (κ1) is 16.7. The zero-order valence-electron chi connectivity index (χ0n) is 12.3. The average Bonchev–Trinajstić information content (AvgIpc) is 2.45. The fourth-order valence-electron chi connectivity index (χ4n) is 1.64. The van der Waals surface area contributed by atoms with Crippen LogP contribution in [0.2, 0.25) is 0 Å². The molecular formula is C13H21N5O3. The van der Waals surface area contributed by atoms with Gasteiger partial charge in [-0.05, 0) is 13.3 Å². The van der Waals surface area contributed by atoms with Gasteiger partial charge in [-0.2, -0.15) is 0 Å². The molecule has 0 aromatic carbocycles. The van der Waals surface area contributed by atoms with Crippen molar-refractivity contribution in [3.8, 4) is 0 Å². The maximum Gasteiger partial charge on any atom is 0.276 e. The number of rotatable bonds is 9. The molecule has 0 radical (unpaired) electrons. The highest BCUT2D eigenvalue weighted by atomic mass is 16.6. The highest BCUT2D eigenvalue weighted by Gasteiger charge is 2.11. The van der Waals surface area contributed by atoms with Crippen LogP contribution in [0.5, 0.6) is 0 Å². The summed E-state index contributed by atoms with van der Waals surface area (Å²) in [4.78, 5) is 26.0. The smallest absolute Gasteiger partial charge is 0.276 e. The van der Waals surface area contributed by atoms with Gasteiger partial charge >= 0.3 is 0 Å². The first-order valence-electron chi connectivity index (χ1n) is 6.97. The molecule has 0 unspecified atom stereocenters. The third kappa shape index (κ3) is 6.07. The minimum absolute atomic E-state index is 0.0427. The molecule has 0 aliphatic heterocycles. The van der Waals surface area contributed by atoms with Crippen LogP contribution in [0.15, 0.2) is 12.1 Å². The zero-order chi connectivity index (χ0) is 15.7. The molecule has 1 aromatic heterocycles. The molecular weight excluding hydrogens is 274 g/mol. The van der Waals surface area contributed by atoms with Crippen molar-refractivity contribution in [1.82, 2.24) is 10.3 Å². The number of carbonyl (C=O) groups excluding carboxylic acids is 1. The Balaban J connectivity index is 2.61. The Morgan fingerprint density at radius 1 is 1.24 bits per heavy atom. The van der Waals surface area contributed by atoms with Crippen LogP contribution >= 0.6 is 0 Å². The monoisotopic (exact) mass is 295 g/mol. The number of aromatic nitrogens is 1. The SMILES string of the molecule is CCCNC(=O)CCNc1cc([N+](=O)[O-])cc(NCC)n1. The average molecular weight is 295 g/mol. The number of pyridine rings is 1. The number of hydrogen-bond acceptors (Lipinski definition) is 6. The van der Waals surface area contributed by atoms with Crippen LogP contribution in [0.3, 0.4) is 0 Å². The predicted molar refractivity (Wildman–Crippen MR) is 81.5 cm³/mol. The summed E-state index contributed by atoms with van der Waals surface area (Å²) in [6, 6.07) is 2.73. The van der Waals surface area contributed by atoms with Crippen LogP contribution in [0, 0.1) is 10.1 Å². The molecule has 0 atom stereocenters. The summed E-state index contributed by atoms with van der Waals surface area (Å²) in [5, 5.41) is 19.5. The van der Waals surface area contributed by atoms with Crippen molar-refractivity contribution >= 4 is 23.2 Å². The van der Waals surface area contributed by atoms with E-state index < -0.39 is 4.92 Å². The van der Waals surface area contributed by atoms with Gasteiger partial charge in [0.05, 0.1) is 17.1 Å². The Bertz CT molecular complexity index is 493. The molecule has 3 N–H and O–H groups in total. The van der Waals surface area contributed by atoms with E-state index in [2.05, 4.69) is 20.9 Å². The van der Waals surface area contributed by atoms with Crippen molar-refractivity contribution in [3.63, 3.8) is 0 Å². The van der Waals surface area contributed by atoms with Crippen molar-refractivity contribution in [2.75, 3.05) is 30.3 Å². The summed E-state index contributed by atoms with van der Waals surface area (Å²) in [7, 11) is 0. The topological polar surface area (TPSA) is 109 Å². The van der Waals surface area contributed by atoms with E-state index in [1.54, 1.807) is 0 Å². The molecule has 0 aliphatic rings. The summed E-state index contributed by atoms with van der Waals surface area (Å²) in [5.41, 5.74) is -0.0427. The summed E-state index contributed by atoms with van der Waals surface area (Å²) in [5.74, 6) is 0.759.